The number of hydrogen-bond donors (Lipinski definition) is 0. The molecule has 0 spiro atoms. The van der Waals surface area contributed by atoms with E-state index in [1.807, 2.05) is 53.7 Å². The Morgan fingerprint density at radius 1 is 0.467 bits per heavy atom. The minimum absolute atomic E-state index is 0.536. The average molecular weight is 453 g/mol. The van der Waals surface area contributed by atoms with E-state index in [1.54, 1.807) is 0 Å². The summed E-state index contributed by atoms with van der Waals surface area (Å²) in [5.74, 6) is 0. The van der Waals surface area contributed by atoms with E-state index in [1.165, 1.54) is 0 Å². The second-order valence-corrected chi connectivity index (χ2v) is 11.6. The van der Waals surface area contributed by atoms with Gasteiger partial charge in [0, 0.05) is 50.0 Å². The van der Waals surface area contributed by atoms with Gasteiger partial charge in [-0.3, -0.25) is 0 Å². The first-order chi connectivity index (χ1) is 14.5. The van der Waals surface area contributed by atoms with Crippen molar-refractivity contribution in [2.24, 2.45) is 0 Å². The fourth-order valence-corrected chi connectivity index (χ4v) is 8.54. The maximum atomic E-state index is 6.06. The van der Waals surface area contributed by atoms with Crippen molar-refractivity contribution >= 4 is 38.8 Å². The molecule has 0 aromatic heterocycles. The molecule has 168 valence electrons. The van der Waals surface area contributed by atoms with Crippen LogP contribution >= 0.6 is 0 Å². The lowest BCUT2D eigenvalue weighted by Gasteiger charge is -2.29. The van der Waals surface area contributed by atoms with Gasteiger partial charge in [-0.1, -0.05) is 24.3 Å². The number of rotatable bonds is 14. The molecule has 30 heavy (non-hydrogen) atoms. The lowest BCUT2D eigenvalue weighted by atomic mass is 10.1. The zero-order valence-corrected chi connectivity index (χ0v) is 21.2. The molecule has 2 aromatic rings. The molecule has 0 N–H and O–H groups in total. The monoisotopic (exact) mass is 452 g/mol. The minimum atomic E-state index is -2.94. The molecule has 0 aliphatic carbocycles. The number of fused-ring (bicyclic) bond motifs is 1. The Bertz CT molecular complexity index is 686. The van der Waals surface area contributed by atoms with Crippen molar-refractivity contribution < 1.29 is 26.6 Å². The lowest BCUT2D eigenvalue weighted by Crippen LogP contribution is -2.57. The molecule has 2 rings (SSSR count). The van der Waals surface area contributed by atoms with Gasteiger partial charge >= 0.3 is 17.6 Å². The highest BCUT2D eigenvalue weighted by atomic mass is 28.4. The van der Waals surface area contributed by atoms with Crippen LogP contribution in [0.1, 0.15) is 41.5 Å². The second kappa shape index (κ2) is 12.1. The summed E-state index contributed by atoms with van der Waals surface area (Å²) < 4.78 is 36.4. The molecule has 0 amide bonds. The first kappa shape index (κ1) is 25.2. The Hall–Kier alpha value is -1.11. The summed E-state index contributed by atoms with van der Waals surface area (Å²) in [6.07, 6.45) is 0. The first-order valence-electron chi connectivity index (χ1n) is 10.9. The van der Waals surface area contributed by atoms with E-state index in [0.29, 0.717) is 39.6 Å². The van der Waals surface area contributed by atoms with Crippen molar-refractivity contribution in [3.63, 3.8) is 0 Å². The van der Waals surface area contributed by atoms with Crippen LogP contribution in [0.3, 0.4) is 0 Å². The fraction of sp³-hybridized carbons (Fsp3) is 0.545. The largest absolute Gasteiger partial charge is 0.537 e. The van der Waals surface area contributed by atoms with Crippen molar-refractivity contribution in [2.75, 3.05) is 39.6 Å². The van der Waals surface area contributed by atoms with Crippen LogP contribution in [0.5, 0.6) is 0 Å². The molecule has 2 aromatic carbocycles. The fourth-order valence-electron chi connectivity index (χ4n) is 3.52. The highest BCUT2D eigenvalue weighted by molar-refractivity contribution is 6.76. The molecule has 6 nitrogen and oxygen atoms in total. The van der Waals surface area contributed by atoms with Crippen LogP contribution in [-0.4, -0.2) is 57.3 Å². The van der Waals surface area contributed by atoms with Crippen LogP contribution in [-0.2, 0) is 26.6 Å². The van der Waals surface area contributed by atoms with Crippen molar-refractivity contribution in [1.29, 1.82) is 0 Å². The van der Waals surface area contributed by atoms with Gasteiger partial charge in [0.2, 0.25) is 0 Å². The Morgan fingerprint density at radius 3 is 0.967 bits per heavy atom. The summed E-state index contributed by atoms with van der Waals surface area (Å²) in [6.45, 7) is 15.0. The summed E-state index contributed by atoms with van der Waals surface area (Å²) in [6, 6.07) is 12.5. The smallest absolute Gasteiger partial charge is 0.370 e. The molecule has 0 unspecified atom stereocenters. The highest BCUT2D eigenvalue weighted by Crippen LogP contribution is 2.19. The zero-order valence-electron chi connectivity index (χ0n) is 19.2. The molecule has 0 aliphatic heterocycles. The third-order valence-corrected chi connectivity index (χ3v) is 10.6. The van der Waals surface area contributed by atoms with Gasteiger partial charge in [0.1, 0.15) is 0 Å². The van der Waals surface area contributed by atoms with Gasteiger partial charge in [0.25, 0.3) is 0 Å². The topological polar surface area (TPSA) is 55.4 Å². The molecule has 0 saturated heterocycles. The standard InChI is InChI=1S/C22H36O6Si2/c1-7-23-29(24-8-2,25-9-3)21-15-13-20-18-22(16-14-19(20)17-21)30(26-10-4,27-11-5)28-12-6/h13-18H,7-12H2,1-6H3. The molecule has 0 saturated carbocycles. The van der Waals surface area contributed by atoms with Gasteiger partial charge in [0.05, 0.1) is 0 Å². The average Bonchev–Trinajstić information content (AvgIpc) is 2.74. The molecule has 0 fully saturated rings. The summed E-state index contributed by atoms with van der Waals surface area (Å²) in [5, 5.41) is 4.10. The third-order valence-electron chi connectivity index (χ3n) is 4.55. The van der Waals surface area contributed by atoms with Gasteiger partial charge < -0.3 is 26.6 Å². The zero-order chi connectivity index (χ0) is 22.0. The third kappa shape index (κ3) is 5.57. The Balaban J connectivity index is 2.52. The number of hydrogen-bond acceptors (Lipinski definition) is 6. The van der Waals surface area contributed by atoms with E-state index in [4.69, 9.17) is 26.6 Å². The molecule has 0 radical (unpaired) electrons. The van der Waals surface area contributed by atoms with E-state index < -0.39 is 17.6 Å². The first-order valence-corrected chi connectivity index (χ1v) is 14.4. The minimum Gasteiger partial charge on any atom is -0.370 e. The van der Waals surface area contributed by atoms with Crippen LogP contribution in [0, 0.1) is 0 Å². The molecule has 0 bridgehead atoms. The van der Waals surface area contributed by atoms with Crippen molar-refractivity contribution in [3.8, 4) is 0 Å². The van der Waals surface area contributed by atoms with Crippen molar-refractivity contribution in [3.05, 3.63) is 36.4 Å². The highest BCUT2D eigenvalue weighted by Gasteiger charge is 2.44. The van der Waals surface area contributed by atoms with Gasteiger partial charge in [-0.05, 0) is 64.4 Å². The van der Waals surface area contributed by atoms with Crippen LogP contribution in [0.25, 0.3) is 10.8 Å². The molecule has 8 heteroatoms. The lowest BCUT2D eigenvalue weighted by molar-refractivity contribution is 0.0851. The normalized spacial score (nSPS) is 12.6. The SMILES string of the molecule is CCO[Si](OCC)(OCC)c1ccc2cc([Si](OCC)(OCC)OCC)ccc2c1. The summed E-state index contributed by atoms with van der Waals surface area (Å²) in [4.78, 5) is 0. The van der Waals surface area contributed by atoms with E-state index >= 15 is 0 Å². The van der Waals surface area contributed by atoms with Crippen LogP contribution in [0.2, 0.25) is 0 Å². The maximum absolute atomic E-state index is 6.06. The van der Waals surface area contributed by atoms with Crippen LogP contribution in [0.15, 0.2) is 36.4 Å². The predicted octanol–water partition coefficient (Wildman–Crippen LogP) is 3.35. The molecule has 0 heterocycles. The Labute approximate surface area is 183 Å². The Morgan fingerprint density at radius 2 is 0.733 bits per heavy atom. The Kier molecular flexibility index (Phi) is 10.1. The molecule has 0 atom stereocenters. The van der Waals surface area contributed by atoms with Crippen LogP contribution < -0.4 is 10.4 Å². The predicted molar refractivity (Wildman–Crippen MR) is 124 cm³/mol. The molecule has 0 aliphatic rings. The quantitative estimate of drug-likeness (QED) is 0.410. The molecular formula is C22H36O6Si2. The summed E-state index contributed by atoms with van der Waals surface area (Å²) in [7, 11) is -5.89. The van der Waals surface area contributed by atoms with Crippen LogP contribution in [0.4, 0.5) is 0 Å². The van der Waals surface area contributed by atoms with Gasteiger partial charge in [-0.15, -0.1) is 0 Å². The van der Waals surface area contributed by atoms with E-state index in [2.05, 4.69) is 24.3 Å². The van der Waals surface area contributed by atoms with Gasteiger partial charge in [-0.2, -0.15) is 0 Å². The molecular weight excluding hydrogens is 416 g/mol. The summed E-state index contributed by atoms with van der Waals surface area (Å²) in [5.41, 5.74) is 0. The van der Waals surface area contributed by atoms with Crippen molar-refractivity contribution in [2.45, 2.75) is 41.5 Å². The van der Waals surface area contributed by atoms with Crippen molar-refractivity contribution in [1.82, 2.24) is 0 Å². The summed E-state index contributed by atoms with van der Waals surface area (Å²) >= 11 is 0. The van der Waals surface area contributed by atoms with E-state index in [0.717, 1.165) is 21.1 Å². The van der Waals surface area contributed by atoms with Gasteiger partial charge in [-0.25, -0.2) is 0 Å². The van der Waals surface area contributed by atoms with Gasteiger partial charge in [0.15, 0.2) is 0 Å². The number of benzene rings is 2. The van der Waals surface area contributed by atoms with E-state index in [9.17, 15) is 0 Å². The van der Waals surface area contributed by atoms with E-state index in [-0.39, 0.29) is 0 Å². The second-order valence-electron chi connectivity index (χ2n) is 6.49. The maximum Gasteiger partial charge on any atom is 0.537 e.